The zero-order chi connectivity index (χ0) is 10.1. The number of pyridine rings is 1. The molecule has 1 heterocycles. The van der Waals surface area contributed by atoms with Crippen LogP contribution in [0.3, 0.4) is 0 Å². The van der Waals surface area contributed by atoms with Gasteiger partial charge in [-0.25, -0.2) is 0 Å². The first-order valence-corrected chi connectivity index (χ1v) is 4.82. The maximum absolute atomic E-state index is 9.59. The normalized spacial score (nSPS) is 10.3. The fourth-order valence-corrected chi connectivity index (χ4v) is 1.74. The molecule has 0 atom stereocenters. The zero-order valence-electron chi connectivity index (χ0n) is 9.01. The van der Waals surface area contributed by atoms with E-state index in [4.69, 9.17) is 0 Å². The highest BCUT2D eigenvalue weighted by molar-refractivity contribution is 5.79. The van der Waals surface area contributed by atoms with Crippen molar-refractivity contribution in [2.45, 2.75) is 19.8 Å². The van der Waals surface area contributed by atoms with Crippen molar-refractivity contribution in [3.05, 3.63) is 42.1 Å². The minimum absolute atomic E-state index is 0. The number of nitrogens with zero attached hydrogens (tertiary/aromatic N) is 1. The lowest BCUT2D eigenvalue weighted by molar-refractivity contribution is -0.884. The molecule has 0 aliphatic carbocycles. The Morgan fingerprint density at radius 2 is 1.80 bits per heavy atom. The van der Waals surface area contributed by atoms with Crippen molar-refractivity contribution in [1.82, 2.24) is 0 Å². The van der Waals surface area contributed by atoms with Crippen LogP contribution in [0.25, 0.3) is 10.9 Å². The number of fused-ring (bicyclic) bond motifs is 1. The summed E-state index contributed by atoms with van der Waals surface area (Å²) in [6.45, 7) is 4.31. The summed E-state index contributed by atoms with van der Waals surface area (Å²) in [5, 5.41) is 10.7. The van der Waals surface area contributed by atoms with Crippen LogP contribution in [-0.2, 0) is 0 Å². The second kappa shape index (κ2) is 4.34. The molecule has 0 unspecified atom stereocenters. The van der Waals surface area contributed by atoms with E-state index in [2.05, 4.69) is 13.8 Å². The van der Waals surface area contributed by atoms with Gasteiger partial charge in [0, 0.05) is 25.3 Å². The van der Waals surface area contributed by atoms with Crippen LogP contribution < -0.4 is 4.73 Å². The standard InChI is InChI=1S/C12H14NO.B/c1-9(2)10-7-8-13(14)12-6-4-3-5-11(10)12;/h3-9,14H,1-2H3;/q+1;. The van der Waals surface area contributed by atoms with Gasteiger partial charge in [-0.3, -0.25) is 5.21 Å². The van der Waals surface area contributed by atoms with Crippen molar-refractivity contribution < 1.29 is 9.94 Å². The summed E-state index contributed by atoms with van der Waals surface area (Å²) in [6.07, 6.45) is 1.69. The van der Waals surface area contributed by atoms with Crippen LogP contribution >= 0.6 is 0 Å². The predicted molar refractivity (Wildman–Crippen MR) is 61.2 cm³/mol. The lowest BCUT2D eigenvalue weighted by Crippen LogP contribution is -2.30. The summed E-state index contributed by atoms with van der Waals surface area (Å²) < 4.78 is 1.17. The molecule has 15 heavy (non-hydrogen) atoms. The summed E-state index contributed by atoms with van der Waals surface area (Å²) in [7, 11) is 0. The summed E-state index contributed by atoms with van der Waals surface area (Å²) in [5.74, 6) is 0.473. The minimum atomic E-state index is 0. The average Bonchev–Trinajstić information content (AvgIpc) is 2.18. The summed E-state index contributed by atoms with van der Waals surface area (Å²) in [5.41, 5.74) is 2.13. The first-order valence-electron chi connectivity index (χ1n) is 4.82. The molecule has 0 saturated carbocycles. The minimum Gasteiger partial charge on any atom is -0.285 e. The molecule has 75 valence electrons. The Bertz CT molecular complexity index is 468. The maximum atomic E-state index is 9.59. The fourth-order valence-electron chi connectivity index (χ4n) is 1.74. The van der Waals surface area contributed by atoms with Gasteiger partial charge in [-0.05, 0) is 17.5 Å². The van der Waals surface area contributed by atoms with Gasteiger partial charge in [0.1, 0.15) is 0 Å². The van der Waals surface area contributed by atoms with Crippen LogP contribution in [0.15, 0.2) is 36.5 Å². The Morgan fingerprint density at radius 3 is 2.47 bits per heavy atom. The second-order valence-electron chi connectivity index (χ2n) is 3.79. The summed E-state index contributed by atoms with van der Waals surface area (Å²) >= 11 is 0. The van der Waals surface area contributed by atoms with Gasteiger partial charge in [-0.1, -0.05) is 26.0 Å². The lowest BCUT2D eigenvalue weighted by Gasteiger charge is -2.06. The number of benzene rings is 1. The van der Waals surface area contributed by atoms with Crippen LogP contribution in [0.4, 0.5) is 0 Å². The molecule has 3 heteroatoms. The first kappa shape index (κ1) is 11.6. The summed E-state index contributed by atoms with van der Waals surface area (Å²) in [4.78, 5) is 0. The van der Waals surface area contributed by atoms with E-state index in [1.807, 2.05) is 30.3 Å². The number of rotatable bonds is 1. The monoisotopic (exact) mass is 199 g/mol. The van der Waals surface area contributed by atoms with Gasteiger partial charge in [-0.2, -0.15) is 0 Å². The van der Waals surface area contributed by atoms with Gasteiger partial charge in [0.15, 0.2) is 0 Å². The van der Waals surface area contributed by atoms with E-state index >= 15 is 0 Å². The van der Waals surface area contributed by atoms with Crippen molar-refractivity contribution in [2.75, 3.05) is 0 Å². The number of aromatic nitrogens is 1. The molecule has 2 rings (SSSR count). The van der Waals surface area contributed by atoms with E-state index < -0.39 is 0 Å². The molecule has 0 amide bonds. The van der Waals surface area contributed by atoms with E-state index in [1.54, 1.807) is 6.20 Å². The molecule has 0 saturated heterocycles. The molecule has 1 aromatic carbocycles. The highest BCUT2D eigenvalue weighted by Crippen LogP contribution is 2.22. The first-order chi connectivity index (χ1) is 6.70. The molecule has 0 spiro atoms. The van der Waals surface area contributed by atoms with Gasteiger partial charge >= 0.3 is 0 Å². The Kier molecular flexibility index (Phi) is 3.35. The third-order valence-corrected chi connectivity index (χ3v) is 2.48. The van der Waals surface area contributed by atoms with E-state index in [1.165, 1.54) is 10.3 Å². The van der Waals surface area contributed by atoms with E-state index in [0.29, 0.717) is 5.92 Å². The quantitative estimate of drug-likeness (QED) is 0.424. The molecular formula is C12H14BNO+. The van der Waals surface area contributed by atoms with Gasteiger partial charge in [-0.15, -0.1) is 0 Å². The van der Waals surface area contributed by atoms with Crippen molar-refractivity contribution in [1.29, 1.82) is 0 Å². The largest absolute Gasteiger partial charge is 0.285 e. The third-order valence-electron chi connectivity index (χ3n) is 2.48. The van der Waals surface area contributed by atoms with Gasteiger partial charge < -0.3 is 0 Å². The molecule has 0 aliphatic rings. The Hall–Kier alpha value is -1.51. The van der Waals surface area contributed by atoms with Crippen molar-refractivity contribution in [3.8, 4) is 0 Å². The third kappa shape index (κ3) is 1.96. The van der Waals surface area contributed by atoms with E-state index in [-0.39, 0.29) is 8.41 Å². The predicted octanol–water partition coefficient (Wildman–Crippen LogP) is 2.11. The van der Waals surface area contributed by atoms with Crippen LogP contribution in [0.1, 0.15) is 25.3 Å². The second-order valence-corrected chi connectivity index (χ2v) is 3.79. The molecule has 1 aromatic heterocycles. The van der Waals surface area contributed by atoms with Crippen molar-refractivity contribution >= 4 is 19.3 Å². The Morgan fingerprint density at radius 1 is 1.13 bits per heavy atom. The SMILES string of the molecule is CC(C)c1cc[n+](O)c2ccccc12.[B]. The fraction of sp³-hybridized carbons (Fsp3) is 0.250. The maximum Gasteiger partial charge on any atom is 0.264 e. The Balaban J connectivity index is 0.00000112. The van der Waals surface area contributed by atoms with E-state index in [0.717, 1.165) is 10.9 Å². The molecular weight excluding hydrogens is 185 g/mol. The molecule has 3 radical (unpaired) electrons. The van der Waals surface area contributed by atoms with Crippen molar-refractivity contribution in [2.24, 2.45) is 0 Å². The van der Waals surface area contributed by atoms with E-state index in [9.17, 15) is 5.21 Å². The van der Waals surface area contributed by atoms with Gasteiger partial charge in [0.05, 0.1) is 5.39 Å². The highest BCUT2D eigenvalue weighted by atomic mass is 16.5. The zero-order valence-corrected chi connectivity index (χ0v) is 9.01. The topological polar surface area (TPSA) is 24.1 Å². The van der Waals surface area contributed by atoms with Crippen LogP contribution in [0.5, 0.6) is 0 Å². The van der Waals surface area contributed by atoms with Crippen molar-refractivity contribution in [3.63, 3.8) is 0 Å². The molecule has 0 bridgehead atoms. The Labute approximate surface area is 91.7 Å². The molecule has 1 N–H and O–H groups in total. The smallest absolute Gasteiger partial charge is 0.264 e. The molecule has 2 nitrogen and oxygen atoms in total. The van der Waals surface area contributed by atoms with Crippen LogP contribution in [0.2, 0.25) is 0 Å². The molecule has 0 fully saturated rings. The number of para-hydroxylation sites is 1. The number of hydrogen-bond donors (Lipinski definition) is 1. The van der Waals surface area contributed by atoms with Gasteiger partial charge in [0.25, 0.3) is 5.52 Å². The number of hydrogen-bond acceptors (Lipinski definition) is 1. The van der Waals surface area contributed by atoms with Crippen LogP contribution in [0, 0.1) is 0 Å². The highest BCUT2D eigenvalue weighted by Gasteiger charge is 2.12. The molecule has 2 aromatic rings. The molecule has 0 aliphatic heterocycles. The van der Waals surface area contributed by atoms with Crippen LogP contribution in [-0.4, -0.2) is 13.6 Å². The average molecular weight is 199 g/mol. The van der Waals surface area contributed by atoms with Gasteiger partial charge in [0.2, 0.25) is 6.20 Å². The summed E-state index contributed by atoms with van der Waals surface area (Å²) in [6, 6.07) is 9.85. The lowest BCUT2D eigenvalue weighted by atomic mass is 9.99.